The fourth-order valence-corrected chi connectivity index (χ4v) is 2.37. The summed E-state index contributed by atoms with van der Waals surface area (Å²) in [5, 5.41) is 9.33. The smallest absolute Gasteiger partial charge is 0.215 e. The van der Waals surface area contributed by atoms with E-state index in [9.17, 15) is 5.11 Å². The largest absolute Gasteiger partial charge is 0.478 e. The Kier molecular flexibility index (Phi) is 4.27. The molecule has 0 aliphatic carbocycles. The lowest BCUT2D eigenvalue weighted by Crippen LogP contribution is -2.54. The molecule has 1 N–H and O–H groups in total. The van der Waals surface area contributed by atoms with E-state index < -0.39 is 0 Å². The molecule has 106 valence electrons. The van der Waals surface area contributed by atoms with Gasteiger partial charge < -0.3 is 19.5 Å². The molecular weight excluding hydrogens is 244 g/mol. The summed E-state index contributed by atoms with van der Waals surface area (Å²) in [6, 6.07) is 5.74. The standard InChI is InChI=1S/C14H22N2O3/c1-4-18-13-7-5-6-12(15-13)16-8-11(9-17)19-14(2,3)10-16/h5-7,11,17H,4,8-10H2,1-3H3. The topological polar surface area (TPSA) is 54.8 Å². The second-order valence-electron chi connectivity index (χ2n) is 5.33. The number of aliphatic hydroxyl groups is 1. The molecule has 2 heterocycles. The summed E-state index contributed by atoms with van der Waals surface area (Å²) in [6.07, 6.45) is -0.179. The minimum absolute atomic E-state index is 0.0189. The molecule has 5 heteroatoms. The first kappa shape index (κ1) is 14.1. The minimum Gasteiger partial charge on any atom is -0.478 e. The van der Waals surface area contributed by atoms with Crippen LogP contribution in [0.15, 0.2) is 18.2 Å². The second kappa shape index (κ2) is 5.75. The van der Waals surface area contributed by atoms with Gasteiger partial charge >= 0.3 is 0 Å². The Bertz CT molecular complexity index is 423. The summed E-state index contributed by atoms with van der Waals surface area (Å²) < 4.78 is 11.2. The van der Waals surface area contributed by atoms with Gasteiger partial charge in [-0.3, -0.25) is 0 Å². The van der Waals surface area contributed by atoms with Crippen molar-refractivity contribution in [3.05, 3.63) is 18.2 Å². The lowest BCUT2D eigenvalue weighted by Gasteiger charge is -2.42. The van der Waals surface area contributed by atoms with Gasteiger partial charge in [-0.1, -0.05) is 6.07 Å². The Morgan fingerprint density at radius 3 is 3.00 bits per heavy atom. The van der Waals surface area contributed by atoms with Crippen LogP contribution in [0.4, 0.5) is 5.82 Å². The van der Waals surface area contributed by atoms with Crippen LogP contribution in [0.3, 0.4) is 0 Å². The lowest BCUT2D eigenvalue weighted by atomic mass is 10.1. The van der Waals surface area contributed by atoms with Gasteiger partial charge in [-0.25, -0.2) is 0 Å². The van der Waals surface area contributed by atoms with Crippen molar-refractivity contribution in [3.63, 3.8) is 0 Å². The lowest BCUT2D eigenvalue weighted by molar-refractivity contribution is -0.101. The SMILES string of the molecule is CCOc1cccc(N2CC(CO)OC(C)(C)C2)n1. The van der Waals surface area contributed by atoms with Crippen LogP contribution in [0.25, 0.3) is 0 Å². The molecule has 1 saturated heterocycles. The number of aromatic nitrogens is 1. The highest BCUT2D eigenvalue weighted by molar-refractivity contribution is 5.42. The van der Waals surface area contributed by atoms with E-state index in [1.54, 1.807) is 0 Å². The molecule has 0 bridgehead atoms. The van der Waals surface area contributed by atoms with Gasteiger partial charge in [-0.05, 0) is 26.8 Å². The van der Waals surface area contributed by atoms with E-state index in [2.05, 4.69) is 9.88 Å². The van der Waals surface area contributed by atoms with Crippen LogP contribution in [0.2, 0.25) is 0 Å². The van der Waals surface area contributed by atoms with Gasteiger partial charge in [0.05, 0.1) is 24.9 Å². The molecule has 1 atom stereocenters. The third-order valence-electron chi connectivity index (χ3n) is 3.01. The fraction of sp³-hybridized carbons (Fsp3) is 0.643. The number of nitrogens with zero attached hydrogens (tertiary/aromatic N) is 2. The molecule has 19 heavy (non-hydrogen) atoms. The Morgan fingerprint density at radius 2 is 2.32 bits per heavy atom. The molecule has 0 amide bonds. The number of ether oxygens (including phenoxy) is 2. The average Bonchev–Trinajstić information content (AvgIpc) is 2.37. The third-order valence-corrected chi connectivity index (χ3v) is 3.01. The summed E-state index contributed by atoms with van der Waals surface area (Å²) in [4.78, 5) is 6.62. The van der Waals surface area contributed by atoms with Crippen molar-refractivity contribution in [1.29, 1.82) is 0 Å². The van der Waals surface area contributed by atoms with Gasteiger partial charge in [0.2, 0.25) is 5.88 Å². The van der Waals surface area contributed by atoms with Crippen LogP contribution < -0.4 is 9.64 Å². The van der Waals surface area contributed by atoms with Crippen molar-refractivity contribution in [1.82, 2.24) is 4.98 Å². The van der Waals surface area contributed by atoms with Crippen molar-refractivity contribution in [2.24, 2.45) is 0 Å². The number of anilines is 1. The molecule has 1 aromatic heterocycles. The molecule has 0 radical (unpaired) electrons. The summed E-state index contributed by atoms with van der Waals surface area (Å²) in [6.45, 7) is 7.99. The first-order valence-corrected chi connectivity index (χ1v) is 6.67. The van der Waals surface area contributed by atoms with E-state index in [0.717, 1.165) is 12.4 Å². The average molecular weight is 266 g/mol. The fourth-order valence-electron chi connectivity index (χ4n) is 2.37. The zero-order valence-electron chi connectivity index (χ0n) is 11.8. The Hall–Kier alpha value is -1.33. The molecule has 1 unspecified atom stereocenters. The van der Waals surface area contributed by atoms with Gasteiger partial charge in [0, 0.05) is 19.2 Å². The monoisotopic (exact) mass is 266 g/mol. The molecule has 1 aliphatic heterocycles. The van der Waals surface area contributed by atoms with Gasteiger partial charge in [0.1, 0.15) is 5.82 Å². The quantitative estimate of drug-likeness (QED) is 0.894. The normalized spacial score (nSPS) is 22.3. The molecule has 1 aliphatic rings. The maximum Gasteiger partial charge on any atom is 0.215 e. The van der Waals surface area contributed by atoms with E-state index in [-0.39, 0.29) is 18.3 Å². The van der Waals surface area contributed by atoms with Crippen LogP contribution in [0.1, 0.15) is 20.8 Å². The molecule has 0 aromatic carbocycles. The minimum atomic E-state index is -0.297. The van der Waals surface area contributed by atoms with Crippen LogP contribution in [-0.4, -0.2) is 48.1 Å². The molecule has 0 spiro atoms. The Labute approximate surface area is 114 Å². The molecule has 2 rings (SSSR count). The van der Waals surface area contributed by atoms with Gasteiger partial charge in [0.25, 0.3) is 0 Å². The highest BCUT2D eigenvalue weighted by atomic mass is 16.5. The zero-order chi connectivity index (χ0) is 13.9. The summed E-state index contributed by atoms with van der Waals surface area (Å²) >= 11 is 0. The van der Waals surface area contributed by atoms with Crippen LogP contribution >= 0.6 is 0 Å². The van der Waals surface area contributed by atoms with E-state index in [4.69, 9.17) is 9.47 Å². The predicted molar refractivity (Wildman–Crippen MR) is 73.7 cm³/mol. The highest BCUT2D eigenvalue weighted by Gasteiger charge is 2.33. The van der Waals surface area contributed by atoms with Crippen LogP contribution in [-0.2, 0) is 4.74 Å². The van der Waals surface area contributed by atoms with E-state index >= 15 is 0 Å². The van der Waals surface area contributed by atoms with Crippen molar-refractivity contribution in [3.8, 4) is 5.88 Å². The maximum atomic E-state index is 9.33. The Balaban J connectivity index is 2.17. The number of morpholine rings is 1. The summed E-state index contributed by atoms with van der Waals surface area (Å²) in [5.41, 5.74) is -0.297. The Morgan fingerprint density at radius 1 is 1.53 bits per heavy atom. The zero-order valence-corrected chi connectivity index (χ0v) is 11.8. The number of aliphatic hydroxyl groups excluding tert-OH is 1. The van der Waals surface area contributed by atoms with E-state index in [1.165, 1.54) is 0 Å². The van der Waals surface area contributed by atoms with E-state index in [1.807, 2.05) is 39.0 Å². The maximum absolute atomic E-state index is 9.33. The highest BCUT2D eigenvalue weighted by Crippen LogP contribution is 2.25. The molecule has 1 fully saturated rings. The number of hydrogen-bond acceptors (Lipinski definition) is 5. The van der Waals surface area contributed by atoms with E-state index in [0.29, 0.717) is 19.0 Å². The molecule has 0 saturated carbocycles. The first-order valence-electron chi connectivity index (χ1n) is 6.67. The van der Waals surface area contributed by atoms with Crippen molar-refractivity contribution in [2.75, 3.05) is 31.2 Å². The number of hydrogen-bond donors (Lipinski definition) is 1. The van der Waals surface area contributed by atoms with Crippen LogP contribution in [0.5, 0.6) is 5.88 Å². The number of rotatable bonds is 4. The first-order chi connectivity index (χ1) is 9.04. The van der Waals surface area contributed by atoms with Gasteiger partial charge in [-0.2, -0.15) is 4.98 Å². The molecule has 1 aromatic rings. The molecule has 5 nitrogen and oxygen atoms in total. The number of pyridine rings is 1. The summed E-state index contributed by atoms with van der Waals surface area (Å²) in [5.74, 6) is 1.49. The summed E-state index contributed by atoms with van der Waals surface area (Å²) in [7, 11) is 0. The van der Waals surface area contributed by atoms with Gasteiger partial charge in [-0.15, -0.1) is 0 Å². The van der Waals surface area contributed by atoms with Crippen molar-refractivity contribution < 1.29 is 14.6 Å². The van der Waals surface area contributed by atoms with Crippen LogP contribution in [0, 0.1) is 0 Å². The second-order valence-corrected chi connectivity index (χ2v) is 5.33. The predicted octanol–water partition coefficient (Wildman–Crippen LogP) is 1.46. The third kappa shape index (κ3) is 3.58. The van der Waals surface area contributed by atoms with Gasteiger partial charge in [0.15, 0.2) is 0 Å². The molecular formula is C14H22N2O3. The van der Waals surface area contributed by atoms with Crippen molar-refractivity contribution >= 4 is 5.82 Å². The van der Waals surface area contributed by atoms with Crippen molar-refractivity contribution in [2.45, 2.75) is 32.5 Å².